The monoisotopic (exact) mass is 500 g/mol. The van der Waals surface area contributed by atoms with Gasteiger partial charge in [0.05, 0.1) is 12.1 Å². The van der Waals surface area contributed by atoms with Gasteiger partial charge in [-0.3, -0.25) is 10.1 Å². The van der Waals surface area contributed by atoms with Crippen LogP contribution in [-0.4, -0.2) is 23.2 Å². The third-order valence-corrected chi connectivity index (χ3v) is 5.84. The van der Waals surface area contributed by atoms with Gasteiger partial charge in [0.2, 0.25) is 5.13 Å². The summed E-state index contributed by atoms with van der Waals surface area (Å²) in [5.74, 6) is -0.325. The third-order valence-electron chi connectivity index (χ3n) is 4.66. The highest BCUT2D eigenvalue weighted by Gasteiger charge is 2.16. The van der Waals surface area contributed by atoms with Crippen LogP contribution in [0.3, 0.4) is 0 Å². The van der Waals surface area contributed by atoms with Crippen LogP contribution in [0, 0.1) is 17.1 Å². The largest absolute Gasteiger partial charge is 0.493 e. The van der Waals surface area contributed by atoms with Crippen LogP contribution in [0.5, 0.6) is 11.5 Å². The number of amides is 1. The highest BCUT2D eigenvalue weighted by molar-refractivity contribution is 7.15. The molecule has 1 amide bonds. The summed E-state index contributed by atoms with van der Waals surface area (Å²) in [6, 6.07) is 10.9. The molecule has 7 nitrogen and oxygen atoms in total. The van der Waals surface area contributed by atoms with E-state index in [1.165, 1.54) is 36.7 Å². The van der Waals surface area contributed by atoms with Crippen LogP contribution >= 0.6 is 22.9 Å². The summed E-state index contributed by atoms with van der Waals surface area (Å²) >= 11 is 7.67. The lowest BCUT2D eigenvalue weighted by atomic mass is 10.1. The van der Waals surface area contributed by atoms with Gasteiger partial charge in [-0.1, -0.05) is 48.4 Å². The molecule has 0 aliphatic carbocycles. The van der Waals surface area contributed by atoms with Crippen molar-refractivity contribution < 1.29 is 18.7 Å². The number of nitriles is 1. The first-order valence-corrected chi connectivity index (χ1v) is 11.6. The molecule has 1 heterocycles. The number of aryl methyl sites for hydroxylation is 1. The number of hydrogen-bond acceptors (Lipinski definition) is 7. The fraction of sp³-hybridized carbons (Fsp3) is 0.250. The predicted molar refractivity (Wildman–Crippen MR) is 129 cm³/mol. The van der Waals surface area contributed by atoms with Crippen LogP contribution in [0.4, 0.5) is 9.52 Å². The molecule has 2 aromatic carbocycles. The minimum atomic E-state index is -0.604. The van der Waals surface area contributed by atoms with Gasteiger partial charge in [0.1, 0.15) is 29.1 Å². The Morgan fingerprint density at radius 2 is 2.06 bits per heavy atom. The van der Waals surface area contributed by atoms with Crippen molar-refractivity contribution in [1.82, 2.24) is 10.2 Å². The lowest BCUT2D eigenvalue weighted by molar-refractivity contribution is -0.112. The lowest BCUT2D eigenvalue weighted by Gasteiger charge is -2.13. The number of carbonyl (C=O) groups excluding carboxylic acids is 1. The normalized spacial score (nSPS) is 11.1. The number of rotatable bonds is 10. The zero-order valence-corrected chi connectivity index (χ0v) is 20.2. The second kappa shape index (κ2) is 12.1. The van der Waals surface area contributed by atoms with E-state index in [0.29, 0.717) is 22.2 Å². The average molecular weight is 501 g/mol. The van der Waals surface area contributed by atoms with Gasteiger partial charge < -0.3 is 9.47 Å². The van der Waals surface area contributed by atoms with Gasteiger partial charge in [-0.2, -0.15) is 5.26 Å². The summed E-state index contributed by atoms with van der Waals surface area (Å²) in [6.45, 7) is 2.23. The number of nitrogens with zero attached hydrogens (tertiary/aromatic N) is 3. The summed E-state index contributed by atoms with van der Waals surface area (Å²) in [5, 5.41) is 21.5. The number of unbranched alkanes of at least 4 members (excludes halogenated alkanes) is 1. The molecule has 3 rings (SSSR count). The number of methoxy groups -OCH3 is 1. The van der Waals surface area contributed by atoms with Crippen LogP contribution < -0.4 is 14.8 Å². The Morgan fingerprint density at radius 1 is 1.29 bits per heavy atom. The molecule has 1 aromatic heterocycles. The van der Waals surface area contributed by atoms with Gasteiger partial charge in [0.25, 0.3) is 5.91 Å². The number of aromatic nitrogens is 2. The third kappa shape index (κ3) is 6.76. The summed E-state index contributed by atoms with van der Waals surface area (Å²) in [6.07, 6.45) is 4.20. The van der Waals surface area contributed by atoms with Crippen molar-refractivity contribution >= 4 is 40.1 Å². The molecule has 176 valence electrons. The van der Waals surface area contributed by atoms with Crippen molar-refractivity contribution in [3.8, 4) is 17.6 Å². The summed E-state index contributed by atoms with van der Waals surface area (Å²) in [4.78, 5) is 12.6. The second-order valence-corrected chi connectivity index (χ2v) is 8.65. The Balaban J connectivity index is 1.75. The SMILES string of the molecule is CCCCc1nnc(NC(=O)/C(C#N)=C\c2cc(Cl)c(OCc3ccc(F)cc3)c(OC)c2)s1. The smallest absolute Gasteiger partial charge is 0.268 e. The molecular formula is C24H22ClFN4O3S. The van der Waals surface area contributed by atoms with Crippen molar-refractivity contribution in [3.63, 3.8) is 0 Å². The number of hydrogen-bond donors (Lipinski definition) is 1. The van der Waals surface area contributed by atoms with Crippen molar-refractivity contribution in [2.75, 3.05) is 12.4 Å². The van der Waals surface area contributed by atoms with Crippen molar-refractivity contribution in [2.45, 2.75) is 32.8 Å². The maximum atomic E-state index is 13.1. The van der Waals surface area contributed by atoms with Crippen LogP contribution in [0.25, 0.3) is 6.08 Å². The van der Waals surface area contributed by atoms with Crippen LogP contribution in [0.15, 0.2) is 42.0 Å². The van der Waals surface area contributed by atoms with Crippen molar-refractivity contribution in [1.29, 1.82) is 5.26 Å². The number of ether oxygens (including phenoxy) is 2. The molecule has 0 spiro atoms. The topological polar surface area (TPSA) is 97.1 Å². The van der Waals surface area contributed by atoms with Crippen molar-refractivity contribution in [3.05, 3.63) is 68.9 Å². The molecule has 0 saturated heterocycles. The van der Waals surface area contributed by atoms with E-state index in [9.17, 15) is 14.4 Å². The first-order valence-electron chi connectivity index (χ1n) is 10.4. The van der Waals surface area contributed by atoms with E-state index < -0.39 is 5.91 Å². The van der Waals surface area contributed by atoms with E-state index in [1.54, 1.807) is 24.3 Å². The quantitative estimate of drug-likeness (QED) is 0.279. The molecule has 0 saturated carbocycles. The van der Waals surface area contributed by atoms with Gasteiger partial charge in [-0.25, -0.2) is 4.39 Å². The Kier molecular flexibility index (Phi) is 8.96. The highest BCUT2D eigenvalue weighted by atomic mass is 35.5. The van der Waals surface area contributed by atoms with Gasteiger partial charge in [-0.05, 0) is 47.9 Å². The number of anilines is 1. The summed E-state index contributed by atoms with van der Waals surface area (Å²) in [7, 11) is 1.45. The summed E-state index contributed by atoms with van der Waals surface area (Å²) < 4.78 is 24.2. The zero-order chi connectivity index (χ0) is 24.5. The molecule has 0 aliphatic rings. The highest BCUT2D eigenvalue weighted by Crippen LogP contribution is 2.37. The standard InChI is InChI=1S/C24H22ClFN4O3S/c1-3-4-5-21-29-30-24(34-21)28-23(31)17(13-27)10-16-11-19(25)22(20(12-16)32-2)33-14-15-6-8-18(26)9-7-15/h6-12H,3-5,14H2,1-2H3,(H,28,30,31)/b17-10-. The fourth-order valence-electron chi connectivity index (χ4n) is 2.91. The maximum Gasteiger partial charge on any atom is 0.268 e. The molecule has 0 bridgehead atoms. The number of carbonyl (C=O) groups is 1. The van der Waals surface area contributed by atoms with Crippen molar-refractivity contribution in [2.24, 2.45) is 0 Å². The fourth-order valence-corrected chi connectivity index (χ4v) is 3.96. The molecule has 0 fully saturated rings. The molecule has 1 N–H and O–H groups in total. The molecule has 10 heteroatoms. The lowest BCUT2D eigenvalue weighted by Crippen LogP contribution is -2.13. The summed E-state index contributed by atoms with van der Waals surface area (Å²) in [5.41, 5.74) is 1.09. The Morgan fingerprint density at radius 3 is 2.74 bits per heavy atom. The first-order chi connectivity index (χ1) is 16.4. The van der Waals surface area contributed by atoms with Gasteiger partial charge in [0, 0.05) is 6.42 Å². The molecule has 3 aromatic rings. The molecule has 0 atom stereocenters. The van der Waals surface area contributed by atoms with Gasteiger partial charge in [-0.15, -0.1) is 10.2 Å². The Bertz CT molecular complexity index is 1220. The minimum absolute atomic E-state index is 0.136. The first kappa shape index (κ1) is 25.1. The Labute approximate surface area is 205 Å². The van der Waals surface area contributed by atoms with Crippen LogP contribution in [-0.2, 0) is 17.8 Å². The van der Waals surface area contributed by atoms with E-state index in [2.05, 4.69) is 22.4 Å². The number of nitrogens with one attached hydrogen (secondary N) is 1. The molecule has 34 heavy (non-hydrogen) atoms. The van der Waals surface area contributed by atoms with Crippen LogP contribution in [0.2, 0.25) is 5.02 Å². The second-order valence-electron chi connectivity index (χ2n) is 7.18. The average Bonchev–Trinajstić information content (AvgIpc) is 3.28. The van der Waals surface area contributed by atoms with E-state index >= 15 is 0 Å². The molecule has 0 aliphatic heterocycles. The maximum absolute atomic E-state index is 13.1. The van der Waals surface area contributed by atoms with E-state index in [0.717, 1.165) is 29.8 Å². The Hall–Kier alpha value is -3.48. The molecule has 0 radical (unpaired) electrons. The van der Waals surface area contributed by atoms with Gasteiger partial charge >= 0.3 is 0 Å². The van der Waals surface area contributed by atoms with Crippen LogP contribution in [0.1, 0.15) is 35.9 Å². The molecular weight excluding hydrogens is 479 g/mol. The van der Waals surface area contributed by atoms with E-state index in [1.807, 2.05) is 6.07 Å². The number of benzene rings is 2. The molecule has 0 unspecified atom stereocenters. The van der Waals surface area contributed by atoms with E-state index in [-0.39, 0.29) is 23.0 Å². The zero-order valence-electron chi connectivity index (χ0n) is 18.6. The predicted octanol–water partition coefficient (Wildman–Crippen LogP) is 5.81. The van der Waals surface area contributed by atoms with Gasteiger partial charge in [0.15, 0.2) is 11.5 Å². The minimum Gasteiger partial charge on any atom is -0.493 e. The van der Waals surface area contributed by atoms with E-state index in [4.69, 9.17) is 21.1 Å². The number of halogens is 2.